The van der Waals surface area contributed by atoms with E-state index in [1.807, 2.05) is 7.05 Å². The predicted molar refractivity (Wildman–Crippen MR) is 39.1 cm³/mol. The molecule has 0 spiro atoms. The summed E-state index contributed by atoms with van der Waals surface area (Å²) in [7, 11) is 2.00. The van der Waals surface area contributed by atoms with Gasteiger partial charge in [0.15, 0.2) is 0 Å². The molecule has 1 nitrogen and oxygen atoms in total. The molecular weight excluding hydrogens is 166 g/mol. The Kier molecular flexibility index (Phi) is 2.32. The maximum Gasteiger partial charge on any atom is 0.0656 e. The molecular formula is C6H12BrN. The van der Waals surface area contributed by atoms with Gasteiger partial charge in [0.25, 0.3) is 0 Å². The molecule has 1 fully saturated rings. The van der Waals surface area contributed by atoms with Gasteiger partial charge in [-0.3, -0.25) is 0 Å². The van der Waals surface area contributed by atoms with E-state index in [9.17, 15) is 0 Å². The van der Waals surface area contributed by atoms with Crippen molar-refractivity contribution in [3.8, 4) is 0 Å². The zero-order valence-electron chi connectivity index (χ0n) is 5.15. The van der Waals surface area contributed by atoms with Crippen LogP contribution in [-0.4, -0.2) is 12.0 Å². The summed E-state index contributed by atoms with van der Waals surface area (Å²) in [5.41, 5.74) is 0. The molecule has 0 aliphatic heterocycles. The minimum Gasteiger partial charge on any atom is -0.308 e. The number of rotatable bonds is 2. The van der Waals surface area contributed by atoms with Crippen molar-refractivity contribution in [2.45, 2.75) is 24.2 Å². The third-order valence-corrected chi connectivity index (χ3v) is 3.04. The molecule has 1 aliphatic carbocycles. The van der Waals surface area contributed by atoms with Crippen LogP contribution in [0.25, 0.3) is 0 Å². The van der Waals surface area contributed by atoms with Crippen LogP contribution in [0.1, 0.15) is 19.3 Å². The van der Waals surface area contributed by atoms with Gasteiger partial charge in [-0.15, -0.1) is 0 Å². The van der Waals surface area contributed by atoms with E-state index in [1.165, 1.54) is 19.3 Å². The molecule has 0 heterocycles. The van der Waals surface area contributed by atoms with Crippen LogP contribution < -0.4 is 5.32 Å². The Morgan fingerprint density at radius 1 is 1.62 bits per heavy atom. The normalized spacial score (nSPS) is 24.8. The first-order valence-corrected chi connectivity index (χ1v) is 4.07. The van der Waals surface area contributed by atoms with Crippen LogP contribution in [0, 0.1) is 5.92 Å². The molecule has 0 aromatic carbocycles. The van der Waals surface area contributed by atoms with Crippen LogP contribution in [0.15, 0.2) is 0 Å². The molecule has 0 bridgehead atoms. The lowest BCUT2D eigenvalue weighted by molar-refractivity contribution is 0.294. The van der Waals surface area contributed by atoms with Crippen LogP contribution >= 0.6 is 15.9 Å². The largest absolute Gasteiger partial charge is 0.308 e. The number of halogens is 1. The highest BCUT2D eigenvalue weighted by atomic mass is 79.9. The van der Waals surface area contributed by atoms with Crippen molar-refractivity contribution in [1.82, 2.24) is 5.32 Å². The third-order valence-electron chi connectivity index (χ3n) is 1.84. The Balaban J connectivity index is 2.13. The van der Waals surface area contributed by atoms with E-state index in [-0.39, 0.29) is 0 Å². The lowest BCUT2D eigenvalue weighted by atomic mass is 9.85. The molecule has 0 amide bonds. The summed E-state index contributed by atoms with van der Waals surface area (Å²) in [6, 6.07) is 0. The van der Waals surface area contributed by atoms with Crippen molar-refractivity contribution in [2.75, 3.05) is 7.05 Å². The monoisotopic (exact) mass is 177 g/mol. The lowest BCUT2D eigenvalue weighted by Gasteiger charge is -2.29. The first-order chi connectivity index (χ1) is 3.84. The highest BCUT2D eigenvalue weighted by Crippen LogP contribution is 2.31. The van der Waals surface area contributed by atoms with E-state index in [1.54, 1.807) is 0 Å². The Labute approximate surface area is 59.0 Å². The van der Waals surface area contributed by atoms with Gasteiger partial charge in [0.05, 0.1) is 4.95 Å². The van der Waals surface area contributed by atoms with E-state index in [2.05, 4.69) is 21.2 Å². The maximum absolute atomic E-state index is 3.54. The van der Waals surface area contributed by atoms with Gasteiger partial charge in [-0.25, -0.2) is 0 Å². The van der Waals surface area contributed by atoms with Crippen LogP contribution in [0.4, 0.5) is 0 Å². The molecule has 0 radical (unpaired) electrons. The number of alkyl halides is 1. The summed E-state index contributed by atoms with van der Waals surface area (Å²) in [6.07, 6.45) is 4.22. The van der Waals surface area contributed by atoms with E-state index in [4.69, 9.17) is 0 Å². The van der Waals surface area contributed by atoms with Gasteiger partial charge in [0, 0.05) is 0 Å². The topological polar surface area (TPSA) is 12.0 Å². The Morgan fingerprint density at radius 2 is 2.25 bits per heavy atom. The van der Waals surface area contributed by atoms with Crippen molar-refractivity contribution >= 4 is 15.9 Å². The minimum atomic E-state index is 0.566. The molecule has 1 atom stereocenters. The molecule has 0 aromatic heterocycles. The Morgan fingerprint density at radius 3 is 2.38 bits per heavy atom. The highest BCUT2D eigenvalue weighted by molar-refractivity contribution is 9.09. The first kappa shape index (κ1) is 6.56. The van der Waals surface area contributed by atoms with Gasteiger partial charge in [-0.2, -0.15) is 0 Å². The van der Waals surface area contributed by atoms with E-state index >= 15 is 0 Å². The molecule has 8 heavy (non-hydrogen) atoms. The standard InChI is InChI=1S/C6H12BrN/c1-8-6(7)5-3-2-4-5/h5-6,8H,2-4H2,1H3. The second kappa shape index (κ2) is 2.83. The second-order valence-electron chi connectivity index (χ2n) is 2.38. The van der Waals surface area contributed by atoms with E-state index in [0.717, 1.165) is 5.92 Å². The van der Waals surface area contributed by atoms with Crippen molar-refractivity contribution in [3.05, 3.63) is 0 Å². The van der Waals surface area contributed by atoms with Crippen molar-refractivity contribution < 1.29 is 0 Å². The summed E-state index contributed by atoms with van der Waals surface area (Å²) in [4.78, 5) is 0.566. The fourth-order valence-corrected chi connectivity index (χ4v) is 1.50. The smallest absolute Gasteiger partial charge is 0.0656 e. The molecule has 1 rings (SSSR count). The molecule has 1 N–H and O–H groups in total. The van der Waals surface area contributed by atoms with Crippen molar-refractivity contribution in [2.24, 2.45) is 5.92 Å². The van der Waals surface area contributed by atoms with Crippen LogP contribution in [0.2, 0.25) is 0 Å². The van der Waals surface area contributed by atoms with Gasteiger partial charge in [0.1, 0.15) is 0 Å². The fraction of sp³-hybridized carbons (Fsp3) is 1.00. The lowest BCUT2D eigenvalue weighted by Crippen LogP contribution is -2.31. The van der Waals surface area contributed by atoms with Crippen molar-refractivity contribution in [1.29, 1.82) is 0 Å². The second-order valence-corrected chi connectivity index (χ2v) is 3.37. The third kappa shape index (κ3) is 1.23. The quantitative estimate of drug-likeness (QED) is 0.501. The molecule has 1 saturated carbocycles. The van der Waals surface area contributed by atoms with Crippen LogP contribution in [0.3, 0.4) is 0 Å². The van der Waals surface area contributed by atoms with Gasteiger partial charge >= 0.3 is 0 Å². The van der Waals surface area contributed by atoms with E-state index in [0.29, 0.717) is 4.95 Å². The molecule has 1 aliphatic rings. The van der Waals surface area contributed by atoms with E-state index < -0.39 is 0 Å². The predicted octanol–water partition coefficient (Wildman–Crippen LogP) is 1.73. The number of nitrogens with one attached hydrogen (secondary N) is 1. The minimum absolute atomic E-state index is 0.566. The van der Waals surface area contributed by atoms with Gasteiger partial charge in [0.2, 0.25) is 0 Å². The molecule has 48 valence electrons. The Bertz CT molecular complexity index is 68.2. The molecule has 0 saturated heterocycles. The average Bonchev–Trinajstić information content (AvgIpc) is 1.62. The number of hydrogen-bond acceptors (Lipinski definition) is 1. The molecule has 0 aromatic rings. The summed E-state index contributed by atoms with van der Waals surface area (Å²) < 4.78 is 0. The highest BCUT2D eigenvalue weighted by Gasteiger charge is 2.23. The average molecular weight is 178 g/mol. The molecule has 1 unspecified atom stereocenters. The van der Waals surface area contributed by atoms with Gasteiger partial charge in [-0.1, -0.05) is 22.4 Å². The van der Waals surface area contributed by atoms with Gasteiger partial charge in [-0.05, 0) is 25.8 Å². The van der Waals surface area contributed by atoms with Crippen LogP contribution in [-0.2, 0) is 0 Å². The summed E-state index contributed by atoms with van der Waals surface area (Å²) in [6.45, 7) is 0. The maximum atomic E-state index is 3.54. The van der Waals surface area contributed by atoms with Crippen molar-refractivity contribution in [3.63, 3.8) is 0 Å². The fourth-order valence-electron chi connectivity index (χ4n) is 0.968. The SMILES string of the molecule is CNC(Br)C1CCC1. The van der Waals surface area contributed by atoms with Crippen LogP contribution in [0.5, 0.6) is 0 Å². The summed E-state index contributed by atoms with van der Waals surface area (Å²) in [5.74, 6) is 0.903. The van der Waals surface area contributed by atoms with Gasteiger partial charge < -0.3 is 5.32 Å². The number of hydrogen-bond donors (Lipinski definition) is 1. The Hall–Kier alpha value is 0.440. The zero-order valence-corrected chi connectivity index (χ0v) is 6.74. The zero-order chi connectivity index (χ0) is 5.98. The summed E-state index contributed by atoms with van der Waals surface area (Å²) in [5, 5.41) is 3.18. The summed E-state index contributed by atoms with van der Waals surface area (Å²) >= 11 is 3.54. The first-order valence-electron chi connectivity index (χ1n) is 3.16. The molecule has 2 heteroatoms.